The van der Waals surface area contributed by atoms with Crippen LogP contribution in [0.3, 0.4) is 0 Å². The average molecular weight is 195 g/mol. The molecule has 0 saturated carbocycles. The number of carbonyl (C=O) groups is 1. The predicted molar refractivity (Wildman–Crippen MR) is 53.5 cm³/mol. The van der Waals surface area contributed by atoms with E-state index in [1.807, 2.05) is 14.0 Å². The van der Waals surface area contributed by atoms with Gasteiger partial charge >= 0.3 is 0 Å². The highest BCUT2D eigenvalue weighted by Gasteiger charge is 2.32. The third-order valence-electron chi connectivity index (χ3n) is 2.76. The van der Waals surface area contributed by atoms with Gasteiger partial charge in [-0.1, -0.05) is 6.92 Å². The van der Waals surface area contributed by atoms with Crippen LogP contribution in [0.2, 0.25) is 0 Å². The molecule has 78 valence electrons. The molecule has 1 fully saturated rings. The molecule has 1 aliphatic rings. The van der Waals surface area contributed by atoms with Gasteiger partial charge in [0.25, 0.3) is 0 Å². The first-order valence-corrected chi connectivity index (χ1v) is 5.06. The first-order chi connectivity index (χ1) is 6.70. The van der Waals surface area contributed by atoms with Gasteiger partial charge < -0.3 is 4.90 Å². The minimum atomic E-state index is 0.0124. The second-order valence-corrected chi connectivity index (χ2v) is 3.60. The summed E-state index contributed by atoms with van der Waals surface area (Å²) in [5.74, 6) is 0.199. The van der Waals surface area contributed by atoms with Crippen molar-refractivity contribution < 1.29 is 4.79 Å². The molecule has 14 heavy (non-hydrogen) atoms. The van der Waals surface area contributed by atoms with Gasteiger partial charge in [0.15, 0.2) is 0 Å². The van der Waals surface area contributed by atoms with Crippen LogP contribution in [0.1, 0.15) is 19.8 Å². The van der Waals surface area contributed by atoms with E-state index >= 15 is 0 Å². The Kier molecular flexibility index (Phi) is 3.90. The van der Waals surface area contributed by atoms with E-state index in [1.54, 1.807) is 4.90 Å². The molecule has 4 heteroatoms. The Morgan fingerprint density at radius 3 is 2.86 bits per heavy atom. The van der Waals surface area contributed by atoms with Crippen LogP contribution in [0.5, 0.6) is 0 Å². The van der Waals surface area contributed by atoms with Crippen LogP contribution in [-0.2, 0) is 4.79 Å². The van der Waals surface area contributed by atoms with Gasteiger partial charge in [0.05, 0.1) is 12.1 Å². The molecule has 0 radical (unpaired) electrons. The van der Waals surface area contributed by atoms with Crippen molar-refractivity contribution in [2.45, 2.75) is 25.8 Å². The first-order valence-electron chi connectivity index (χ1n) is 5.06. The number of hydrogen-bond donors (Lipinski definition) is 0. The van der Waals surface area contributed by atoms with Gasteiger partial charge in [-0.15, -0.1) is 0 Å². The molecule has 0 aromatic carbocycles. The van der Waals surface area contributed by atoms with Crippen molar-refractivity contribution in [1.82, 2.24) is 9.80 Å². The molecule has 0 aromatic rings. The molecule has 1 saturated heterocycles. The Bertz CT molecular complexity index is 246. The summed E-state index contributed by atoms with van der Waals surface area (Å²) in [5, 5.41) is 8.50. The second kappa shape index (κ2) is 4.97. The van der Waals surface area contributed by atoms with Crippen molar-refractivity contribution in [2.75, 3.05) is 26.7 Å². The zero-order chi connectivity index (χ0) is 10.6. The van der Waals surface area contributed by atoms with Crippen LogP contribution in [-0.4, -0.2) is 48.4 Å². The highest BCUT2D eigenvalue weighted by atomic mass is 16.2. The Morgan fingerprint density at radius 1 is 1.71 bits per heavy atom. The molecular weight excluding hydrogens is 178 g/mol. The highest BCUT2D eigenvalue weighted by Crippen LogP contribution is 2.15. The maximum Gasteiger partial charge on any atom is 0.239 e. The lowest BCUT2D eigenvalue weighted by Crippen LogP contribution is -2.41. The summed E-state index contributed by atoms with van der Waals surface area (Å²) in [6, 6.07) is 2.13. The van der Waals surface area contributed by atoms with Crippen LogP contribution in [0.4, 0.5) is 0 Å². The van der Waals surface area contributed by atoms with Crippen molar-refractivity contribution in [3.63, 3.8) is 0 Å². The standard InChI is InChI=1S/C10H17N3O/c1-3-13(7-4-6-11)9-5-8-12(2)10(9)14/h9H,3-5,7-8H2,1-2H3. The third kappa shape index (κ3) is 2.24. The molecule has 1 amide bonds. The first kappa shape index (κ1) is 11.0. The summed E-state index contributed by atoms with van der Waals surface area (Å²) < 4.78 is 0. The molecule has 4 nitrogen and oxygen atoms in total. The molecule has 1 atom stereocenters. The molecule has 0 aliphatic carbocycles. The van der Waals surface area contributed by atoms with E-state index < -0.39 is 0 Å². The van der Waals surface area contributed by atoms with E-state index in [0.29, 0.717) is 13.0 Å². The van der Waals surface area contributed by atoms with Crippen LogP contribution in [0.15, 0.2) is 0 Å². The fraction of sp³-hybridized carbons (Fsp3) is 0.800. The number of hydrogen-bond acceptors (Lipinski definition) is 3. The van der Waals surface area contributed by atoms with Gasteiger partial charge in [-0.2, -0.15) is 5.26 Å². The third-order valence-corrected chi connectivity index (χ3v) is 2.76. The largest absolute Gasteiger partial charge is 0.344 e. The van der Waals surface area contributed by atoms with Gasteiger partial charge in [0.1, 0.15) is 0 Å². The maximum absolute atomic E-state index is 11.7. The molecule has 0 bridgehead atoms. The Morgan fingerprint density at radius 2 is 2.43 bits per heavy atom. The van der Waals surface area contributed by atoms with Gasteiger partial charge in [0.2, 0.25) is 5.91 Å². The van der Waals surface area contributed by atoms with Gasteiger partial charge in [-0.05, 0) is 13.0 Å². The molecule has 0 N–H and O–H groups in total. The van der Waals surface area contributed by atoms with Crippen LogP contribution in [0.25, 0.3) is 0 Å². The number of rotatable bonds is 4. The zero-order valence-corrected chi connectivity index (χ0v) is 8.86. The summed E-state index contributed by atoms with van der Waals surface area (Å²) in [6.45, 7) is 4.42. The Hall–Kier alpha value is -1.08. The fourth-order valence-electron chi connectivity index (χ4n) is 1.87. The number of amides is 1. The molecular formula is C10H17N3O. The number of nitrogens with zero attached hydrogens (tertiary/aromatic N) is 3. The van der Waals surface area contributed by atoms with E-state index in [0.717, 1.165) is 19.5 Å². The lowest BCUT2D eigenvalue weighted by Gasteiger charge is -2.24. The minimum absolute atomic E-state index is 0.0124. The molecule has 0 aromatic heterocycles. The molecule has 1 rings (SSSR count). The fourth-order valence-corrected chi connectivity index (χ4v) is 1.87. The van der Waals surface area contributed by atoms with Crippen molar-refractivity contribution in [1.29, 1.82) is 5.26 Å². The lowest BCUT2D eigenvalue weighted by atomic mass is 10.2. The minimum Gasteiger partial charge on any atom is -0.344 e. The average Bonchev–Trinajstić information content (AvgIpc) is 2.51. The summed E-state index contributed by atoms with van der Waals surface area (Å²) >= 11 is 0. The molecule has 0 spiro atoms. The van der Waals surface area contributed by atoms with Crippen LogP contribution < -0.4 is 0 Å². The monoisotopic (exact) mass is 195 g/mol. The number of carbonyl (C=O) groups excluding carboxylic acids is 1. The van der Waals surface area contributed by atoms with Crippen molar-refractivity contribution >= 4 is 5.91 Å². The molecule has 1 aliphatic heterocycles. The predicted octanol–water partition coefficient (Wildman–Crippen LogP) is 0.453. The summed E-state index contributed by atoms with van der Waals surface area (Å²) in [7, 11) is 1.83. The van der Waals surface area contributed by atoms with Crippen LogP contribution >= 0.6 is 0 Å². The van der Waals surface area contributed by atoms with E-state index in [-0.39, 0.29) is 11.9 Å². The quantitative estimate of drug-likeness (QED) is 0.654. The number of likely N-dealkylation sites (tertiary alicyclic amines) is 1. The van der Waals surface area contributed by atoms with E-state index in [2.05, 4.69) is 11.0 Å². The smallest absolute Gasteiger partial charge is 0.239 e. The number of nitriles is 1. The van der Waals surface area contributed by atoms with E-state index in [1.165, 1.54) is 0 Å². The lowest BCUT2D eigenvalue weighted by molar-refractivity contribution is -0.131. The van der Waals surface area contributed by atoms with Gasteiger partial charge in [-0.3, -0.25) is 9.69 Å². The van der Waals surface area contributed by atoms with Crippen molar-refractivity contribution in [3.8, 4) is 6.07 Å². The normalized spacial score (nSPS) is 21.7. The van der Waals surface area contributed by atoms with Gasteiger partial charge in [-0.25, -0.2) is 0 Å². The Balaban J connectivity index is 2.53. The highest BCUT2D eigenvalue weighted by molar-refractivity contribution is 5.83. The van der Waals surface area contributed by atoms with Crippen molar-refractivity contribution in [3.05, 3.63) is 0 Å². The summed E-state index contributed by atoms with van der Waals surface area (Å²) in [6.07, 6.45) is 1.40. The van der Waals surface area contributed by atoms with E-state index in [4.69, 9.17) is 5.26 Å². The Labute approximate surface area is 85.1 Å². The van der Waals surface area contributed by atoms with Crippen molar-refractivity contribution in [2.24, 2.45) is 0 Å². The van der Waals surface area contributed by atoms with Crippen LogP contribution in [0, 0.1) is 11.3 Å². The topological polar surface area (TPSA) is 47.3 Å². The van der Waals surface area contributed by atoms with Gasteiger partial charge in [0, 0.05) is 26.6 Å². The number of likely N-dealkylation sites (N-methyl/N-ethyl adjacent to an activating group) is 2. The second-order valence-electron chi connectivity index (χ2n) is 3.60. The summed E-state index contributed by atoms with van der Waals surface area (Å²) in [5.41, 5.74) is 0. The van der Waals surface area contributed by atoms with E-state index in [9.17, 15) is 4.79 Å². The summed E-state index contributed by atoms with van der Waals surface area (Å²) in [4.78, 5) is 15.5. The zero-order valence-electron chi connectivity index (χ0n) is 8.86. The molecule has 1 heterocycles. The molecule has 1 unspecified atom stereocenters. The maximum atomic E-state index is 11.7. The SMILES string of the molecule is CCN(CCC#N)C1CCN(C)C1=O.